The molecule has 0 saturated carbocycles. The summed E-state index contributed by atoms with van der Waals surface area (Å²) in [6.07, 6.45) is 4.41. The standard InChI is InChI=1S/C18H18N2S/c1-2-4-14(5-3-1)15-7-11-20(12-8-15)17-6-10-19-16-9-13-21-18(16)17/h1-6,9-10,13,15H,7-8,11-12H2. The van der Waals surface area contributed by atoms with Gasteiger partial charge in [0.05, 0.1) is 15.9 Å². The quantitative estimate of drug-likeness (QED) is 0.682. The number of hydrogen-bond donors (Lipinski definition) is 0. The van der Waals surface area contributed by atoms with E-state index in [4.69, 9.17) is 0 Å². The van der Waals surface area contributed by atoms with Gasteiger partial charge in [0.1, 0.15) is 0 Å². The topological polar surface area (TPSA) is 16.1 Å². The summed E-state index contributed by atoms with van der Waals surface area (Å²) in [4.78, 5) is 6.97. The van der Waals surface area contributed by atoms with Crippen molar-refractivity contribution in [2.45, 2.75) is 18.8 Å². The van der Waals surface area contributed by atoms with E-state index in [-0.39, 0.29) is 0 Å². The molecule has 3 heteroatoms. The van der Waals surface area contributed by atoms with Gasteiger partial charge in [-0.05, 0) is 41.8 Å². The number of fused-ring (bicyclic) bond motifs is 1. The number of nitrogens with zero attached hydrogens (tertiary/aromatic N) is 2. The molecule has 1 saturated heterocycles. The Kier molecular flexibility index (Phi) is 3.36. The second kappa shape index (κ2) is 5.49. The van der Waals surface area contributed by atoms with Crippen molar-refractivity contribution in [3.63, 3.8) is 0 Å². The molecule has 3 heterocycles. The Morgan fingerprint density at radius 3 is 2.62 bits per heavy atom. The van der Waals surface area contributed by atoms with Gasteiger partial charge in [0.15, 0.2) is 0 Å². The Hall–Kier alpha value is -1.87. The molecule has 1 aliphatic heterocycles. The molecule has 0 aliphatic carbocycles. The highest BCUT2D eigenvalue weighted by atomic mass is 32.1. The van der Waals surface area contributed by atoms with E-state index in [1.807, 2.05) is 6.20 Å². The highest BCUT2D eigenvalue weighted by molar-refractivity contribution is 7.17. The number of pyridine rings is 1. The Labute approximate surface area is 129 Å². The molecule has 1 fully saturated rings. The first kappa shape index (κ1) is 12.8. The van der Waals surface area contributed by atoms with Crippen LogP contribution < -0.4 is 4.90 Å². The highest BCUT2D eigenvalue weighted by Crippen LogP contribution is 2.35. The monoisotopic (exact) mass is 294 g/mol. The molecule has 0 unspecified atom stereocenters. The molecule has 1 aromatic carbocycles. The minimum absolute atomic E-state index is 0.711. The lowest BCUT2D eigenvalue weighted by Crippen LogP contribution is -2.32. The lowest BCUT2D eigenvalue weighted by molar-refractivity contribution is 0.506. The van der Waals surface area contributed by atoms with Gasteiger partial charge in [0, 0.05) is 19.3 Å². The third-order valence-electron chi connectivity index (χ3n) is 4.43. The minimum Gasteiger partial charge on any atom is -0.370 e. The highest BCUT2D eigenvalue weighted by Gasteiger charge is 2.22. The van der Waals surface area contributed by atoms with Crippen molar-refractivity contribution >= 4 is 27.2 Å². The molecule has 2 nitrogen and oxygen atoms in total. The van der Waals surface area contributed by atoms with E-state index in [0.717, 1.165) is 18.6 Å². The van der Waals surface area contributed by atoms with Crippen LogP contribution in [0.3, 0.4) is 0 Å². The van der Waals surface area contributed by atoms with Crippen LogP contribution in [0.15, 0.2) is 54.0 Å². The van der Waals surface area contributed by atoms with Crippen molar-refractivity contribution in [1.82, 2.24) is 4.98 Å². The van der Waals surface area contributed by atoms with Crippen LogP contribution >= 0.6 is 11.3 Å². The van der Waals surface area contributed by atoms with E-state index in [2.05, 4.69) is 57.7 Å². The maximum absolute atomic E-state index is 4.44. The number of rotatable bonds is 2. The molecular weight excluding hydrogens is 276 g/mol. The first-order chi connectivity index (χ1) is 10.4. The van der Waals surface area contributed by atoms with Crippen LogP contribution in [-0.2, 0) is 0 Å². The summed E-state index contributed by atoms with van der Waals surface area (Å²) >= 11 is 1.80. The second-order valence-corrected chi connectivity index (χ2v) is 6.55. The first-order valence-corrected chi connectivity index (χ1v) is 8.42. The largest absolute Gasteiger partial charge is 0.370 e. The molecule has 0 bridgehead atoms. The van der Waals surface area contributed by atoms with E-state index >= 15 is 0 Å². The SMILES string of the molecule is c1ccc(C2CCN(c3ccnc4ccsc34)CC2)cc1. The third-order valence-corrected chi connectivity index (χ3v) is 5.36. The average Bonchev–Trinajstić information content (AvgIpc) is 3.04. The average molecular weight is 294 g/mol. The number of piperidine rings is 1. The van der Waals surface area contributed by atoms with Crippen molar-refractivity contribution in [3.8, 4) is 0 Å². The van der Waals surface area contributed by atoms with Gasteiger partial charge in [-0.3, -0.25) is 4.98 Å². The van der Waals surface area contributed by atoms with Gasteiger partial charge in [0.2, 0.25) is 0 Å². The maximum atomic E-state index is 4.44. The molecule has 0 spiro atoms. The van der Waals surface area contributed by atoms with Gasteiger partial charge in [-0.1, -0.05) is 30.3 Å². The summed E-state index contributed by atoms with van der Waals surface area (Å²) in [5.41, 5.74) is 3.98. The number of thiophene rings is 1. The van der Waals surface area contributed by atoms with Gasteiger partial charge in [0.25, 0.3) is 0 Å². The number of aromatic nitrogens is 1. The summed E-state index contributed by atoms with van der Waals surface area (Å²) in [7, 11) is 0. The predicted molar refractivity (Wildman–Crippen MR) is 90.3 cm³/mol. The van der Waals surface area contributed by atoms with Crippen molar-refractivity contribution in [2.75, 3.05) is 18.0 Å². The van der Waals surface area contributed by atoms with Crippen LogP contribution in [0.5, 0.6) is 0 Å². The summed E-state index contributed by atoms with van der Waals surface area (Å²) in [5, 5.41) is 2.14. The smallest absolute Gasteiger partial charge is 0.0830 e. The molecule has 0 atom stereocenters. The van der Waals surface area contributed by atoms with Crippen LogP contribution in [0.2, 0.25) is 0 Å². The fraction of sp³-hybridized carbons (Fsp3) is 0.278. The maximum Gasteiger partial charge on any atom is 0.0830 e. The fourth-order valence-corrected chi connectivity index (χ4v) is 4.18. The molecule has 1 aliphatic rings. The predicted octanol–water partition coefficient (Wildman–Crippen LogP) is 4.68. The Balaban J connectivity index is 1.54. The van der Waals surface area contributed by atoms with Crippen LogP contribution in [-0.4, -0.2) is 18.1 Å². The molecule has 21 heavy (non-hydrogen) atoms. The van der Waals surface area contributed by atoms with Gasteiger partial charge >= 0.3 is 0 Å². The fourth-order valence-electron chi connectivity index (χ4n) is 3.29. The zero-order valence-electron chi connectivity index (χ0n) is 11.9. The van der Waals surface area contributed by atoms with Gasteiger partial charge in [-0.2, -0.15) is 0 Å². The van der Waals surface area contributed by atoms with Crippen LogP contribution in [0.4, 0.5) is 5.69 Å². The lowest BCUT2D eigenvalue weighted by atomic mass is 9.89. The molecule has 0 amide bonds. The van der Waals surface area contributed by atoms with Crippen LogP contribution in [0.25, 0.3) is 10.2 Å². The number of hydrogen-bond acceptors (Lipinski definition) is 3. The van der Waals surface area contributed by atoms with Gasteiger partial charge in [-0.25, -0.2) is 0 Å². The lowest BCUT2D eigenvalue weighted by Gasteiger charge is -2.34. The van der Waals surface area contributed by atoms with Crippen molar-refractivity contribution in [1.29, 1.82) is 0 Å². The molecule has 0 radical (unpaired) electrons. The second-order valence-electron chi connectivity index (χ2n) is 5.64. The number of benzene rings is 1. The summed E-state index contributed by atoms with van der Waals surface area (Å²) in [6, 6.07) is 15.2. The van der Waals surface area contributed by atoms with Crippen LogP contribution in [0.1, 0.15) is 24.3 Å². The van der Waals surface area contributed by atoms with Crippen molar-refractivity contribution in [3.05, 3.63) is 59.6 Å². The van der Waals surface area contributed by atoms with E-state index in [1.54, 1.807) is 11.3 Å². The molecule has 106 valence electrons. The molecule has 2 aromatic heterocycles. The Morgan fingerprint density at radius 1 is 1.00 bits per heavy atom. The van der Waals surface area contributed by atoms with Crippen LogP contribution in [0, 0.1) is 0 Å². The Morgan fingerprint density at radius 2 is 1.81 bits per heavy atom. The number of anilines is 1. The molecular formula is C18H18N2S. The zero-order valence-corrected chi connectivity index (χ0v) is 12.7. The van der Waals surface area contributed by atoms with E-state index < -0.39 is 0 Å². The van der Waals surface area contributed by atoms with Crippen molar-refractivity contribution in [2.24, 2.45) is 0 Å². The summed E-state index contributed by atoms with van der Waals surface area (Å²) in [6.45, 7) is 2.27. The zero-order chi connectivity index (χ0) is 14.1. The molecule has 0 N–H and O–H groups in total. The van der Waals surface area contributed by atoms with Crippen molar-refractivity contribution < 1.29 is 0 Å². The first-order valence-electron chi connectivity index (χ1n) is 7.54. The summed E-state index contributed by atoms with van der Waals surface area (Å²) < 4.78 is 1.33. The minimum atomic E-state index is 0.711. The summed E-state index contributed by atoms with van der Waals surface area (Å²) in [5.74, 6) is 0.711. The normalized spacial score (nSPS) is 16.5. The van der Waals surface area contributed by atoms with Gasteiger partial charge in [-0.15, -0.1) is 11.3 Å². The van der Waals surface area contributed by atoms with Gasteiger partial charge < -0.3 is 4.90 Å². The third kappa shape index (κ3) is 2.42. The van der Waals surface area contributed by atoms with E-state index in [0.29, 0.717) is 5.92 Å². The molecule has 4 rings (SSSR count). The molecule has 3 aromatic rings. The van der Waals surface area contributed by atoms with E-state index in [9.17, 15) is 0 Å². The Bertz CT molecular complexity index is 727. The van der Waals surface area contributed by atoms with E-state index in [1.165, 1.54) is 28.8 Å².